The van der Waals surface area contributed by atoms with Gasteiger partial charge in [-0.1, -0.05) is 12.1 Å². The largest absolute Gasteiger partial charge is 0.478 e. The second-order valence-electron chi connectivity index (χ2n) is 4.13. The number of rotatable bonds is 4. The molecule has 0 amide bonds. The molecule has 4 heteroatoms. The van der Waals surface area contributed by atoms with E-state index >= 15 is 0 Å². The molecule has 1 saturated heterocycles. The van der Waals surface area contributed by atoms with Crippen LogP contribution in [0, 0.1) is 0 Å². The number of aromatic carboxylic acids is 1. The Kier molecular flexibility index (Phi) is 4.12. The minimum atomic E-state index is -0.905. The number of hydrogen-bond acceptors (Lipinski definition) is 3. The van der Waals surface area contributed by atoms with E-state index < -0.39 is 5.97 Å². The van der Waals surface area contributed by atoms with E-state index in [9.17, 15) is 4.79 Å². The van der Waals surface area contributed by atoms with Crippen molar-refractivity contribution < 1.29 is 19.4 Å². The first-order valence-corrected chi connectivity index (χ1v) is 5.77. The summed E-state index contributed by atoms with van der Waals surface area (Å²) in [6.45, 7) is 1.96. The molecule has 1 aromatic carbocycles. The molecule has 0 unspecified atom stereocenters. The second-order valence-corrected chi connectivity index (χ2v) is 4.13. The third kappa shape index (κ3) is 3.54. The van der Waals surface area contributed by atoms with Crippen molar-refractivity contribution in [1.29, 1.82) is 0 Å². The van der Waals surface area contributed by atoms with E-state index in [2.05, 4.69) is 0 Å². The van der Waals surface area contributed by atoms with Gasteiger partial charge in [0.25, 0.3) is 0 Å². The maximum Gasteiger partial charge on any atom is 0.335 e. The lowest BCUT2D eigenvalue weighted by Crippen LogP contribution is -2.23. The standard InChI is InChI=1S/C13H16O4/c14-13(15)11-3-1-2-10(8-11)9-17-12-4-6-16-7-5-12/h1-3,8,12H,4-7,9H2,(H,14,15). The van der Waals surface area contributed by atoms with Crippen molar-refractivity contribution in [2.24, 2.45) is 0 Å². The minimum absolute atomic E-state index is 0.234. The van der Waals surface area contributed by atoms with Crippen LogP contribution in [-0.2, 0) is 16.1 Å². The molecule has 0 saturated carbocycles. The first kappa shape index (κ1) is 12.1. The molecule has 0 aromatic heterocycles. The molecular weight excluding hydrogens is 220 g/mol. The lowest BCUT2D eigenvalue weighted by atomic mass is 10.1. The van der Waals surface area contributed by atoms with E-state index in [0.29, 0.717) is 12.2 Å². The summed E-state index contributed by atoms with van der Waals surface area (Å²) in [6, 6.07) is 6.86. The summed E-state index contributed by atoms with van der Waals surface area (Å²) < 4.78 is 11.0. The van der Waals surface area contributed by atoms with Crippen molar-refractivity contribution in [3.63, 3.8) is 0 Å². The molecule has 1 aliphatic rings. The zero-order chi connectivity index (χ0) is 12.1. The number of carboxylic acids is 1. The van der Waals surface area contributed by atoms with Crippen LogP contribution in [0.5, 0.6) is 0 Å². The van der Waals surface area contributed by atoms with Gasteiger partial charge in [0.05, 0.1) is 18.3 Å². The van der Waals surface area contributed by atoms with Crippen LogP contribution in [0.1, 0.15) is 28.8 Å². The van der Waals surface area contributed by atoms with E-state index in [0.717, 1.165) is 31.6 Å². The fraction of sp³-hybridized carbons (Fsp3) is 0.462. The molecule has 1 N–H and O–H groups in total. The molecule has 1 aromatic rings. The van der Waals surface area contributed by atoms with E-state index in [1.165, 1.54) is 0 Å². The normalized spacial score (nSPS) is 16.9. The highest BCUT2D eigenvalue weighted by molar-refractivity contribution is 5.87. The third-order valence-electron chi connectivity index (χ3n) is 2.83. The molecule has 0 atom stereocenters. The maximum atomic E-state index is 10.8. The van der Waals surface area contributed by atoms with Gasteiger partial charge in [0.1, 0.15) is 0 Å². The summed E-state index contributed by atoms with van der Waals surface area (Å²) in [6.07, 6.45) is 2.06. The first-order chi connectivity index (χ1) is 8.25. The summed E-state index contributed by atoms with van der Waals surface area (Å²) >= 11 is 0. The fourth-order valence-electron chi connectivity index (χ4n) is 1.85. The molecule has 4 nitrogen and oxygen atoms in total. The predicted molar refractivity (Wildman–Crippen MR) is 62.0 cm³/mol. The third-order valence-corrected chi connectivity index (χ3v) is 2.83. The molecule has 17 heavy (non-hydrogen) atoms. The first-order valence-electron chi connectivity index (χ1n) is 5.77. The predicted octanol–water partition coefficient (Wildman–Crippen LogP) is 2.08. The van der Waals surface area contributed by atoms with Gasteiger partial charge in [-0.05, 0) is 30.5 Å². The number of hydrogen-bond donors (Lipinski definition) is 1. The van der Waals surface area contributed by atoms with Crippen molar-refractivity contribution in [3.05, 3.63) is 35.4 Å². The number of carboxylic acid groups (broad SMARTS) is 1. The zero-order valence-corrected chi connectivity index (χ0v) is 9.59. The van der Waals surface area contributed by atoms with Crippen LogP contribution in [0.3, 0.4) is 0 Å². The Hall–Kier alpha value is -1.39. The molecule has 0 bridgehead atoms. The molecule has 1 fully saturated rings. The van der Waals surface area contributed by atoms with Crippen molar-refractivity contribution in [3.8, 4) is 0 Å². The Morgan fingerprint density at radius 1 is 1.41 bits per heavy atom. The van der Waals surface area contributed by atoms with Gasteiger partial charge < -0.3 is 14.6 Å². The molecule has 0 aliphatic carbocycles. The highest BCUT2D eigenvalue weighted by Gasteiger charge is 2.14. The van der Waals surface area contributed by atoms with Gasteiger partial charge in [-0.15, -0.1) is 0 Å². The van der Waals surface area contributed by atoms with Crippen molar-refractivity contribution in [2.45, 2.75) is 25.6 Å². The quantitative estimate of drug-likeness (QED) is 0.869. The van der Waals surface area contributed by atoms with Crippen LogP contribution in [0.25, 0.3) is 0 Å². The van der Waals surface area contributed by atoms with Gasteiger partial charge in [0.15, 0.2) is 0 Å². The highest BCUT2D eigenvalue weighted by Crippen LogP contribution is 2.14. The topological polar surface area (TPSA) is 55.8 Å². The average Bonchev–Trinajstić information content (AvgIpc) is 2.38. The summed E-state index contributed by atoms with van der Waals surface area (Å²) in [5.41, 5.74) is 1.20. The fourth-order valence-corrected chi connectivity index (χ4v) is 1.85. The number of benzene rings is 1. The Labute approximate surface area is 100 Å². The lowest BCUT2D eigenvalue weighted by Gasteiger charge is -2.22. The van der Waals surface area contributed by atoms with Crippen LogP contribution < -0.4 is 0 Å². The van der Waals surface area contributed by atoms with Crippen molar-refractivity contribution >= 4 is 5.97 Å². The van der Waals surface area contributed by atoms with E-state index in [1.54, 1.807) is 18.2 Å². The van der Waals surface area contributed by atoms with Gasteiger partial charge >= 0.3 is 5.97 Å². The van der Waals surface area contributed by atoms with Crippen LogP contribution in [0.15, 0.2) is 24.3 Å². The summed E-state index contributed by atoms with van der Waals surface area (Å²) in [7, 11) is 0. The van der Waals surface area contributed by atoms with Crippen LogP contribution in [-0.4, -0.2) is 30.4 Å². The van der Waals surface area contributed by atoms with Crippen LogP contribution in [0.4, 0.5) is 0 Å². The molecular formula is C13H16O4. The Morgan fingerprint density at radius 2 is 2.18 bits per heavy atom. The zero-order valence-electron chi connectivity index (χ0n) is 9.59. The Balaban J connectivity index is 1.89. The molecule has 0 radical (unpaired) electrons. The highest BCUT2D eigenvalue weighted by atomic mass is 16.5. The van der Waals surface area contributed by atoms with E-state index in [1.807, 2.05) is 6.07 Å². The van der Waals surface area contributed by atoms with Crippen molar-refractivity contribution in [1.82, 2.24) is 0 Å². The summed E-state index contributed by atoms with van der Waals surface area (Å²) in [5.74, 6) is -0.905. The van der Waals surface area contributed by atoms with Gasteiger partial charge in [-0.3, -0.25) is 0 Å². The van der Waals surface area contributed by atoms with Gasteiger partial charge in [-0.25, -0.2) is 4.79 Å². The van der Waals surface area contributed by atoms with E-state index in [-0.39, 0.29) is 6.10 Å². The minimum Gasteiger partial charge on any atom is -0.478 e. The Morgan fingerprint density at radius 3 is 2.88 bits per heavy atom. The molecule has 92 valence electrons. The van der Waals surface area contributed by atoms with Gasteiger partial charge in [-0.2, -0.15) is 0 Å². The lowest BCUT2D eigenvalue weighted by molar-refractivity contribution is -0.0390. The molecule has 1 aliphatic heterocycles. The molecule has 1 heterocycles. The number of carbonyl (C=O) groups is 1. The molecule has 0 spiro atoms. The summed E-state index contributed by atoms with van der Waals surface area (Å²) in [4.78, 5) is 10.8. The SMILES string of the molecule is O=C(O)c1cccc(COC2CCOCC2)c1. The monoisotopic (exact) mass is 236 g/mol. The average molecular weight is 236 g/mol. The molecule has 2 rings (SSSR count). The van der Waals surface area contributed by atoms with E-state index in [4.69, 9.17) is 14.6 Å². The second kappa shape index (κ2) is 5.80. The number of ether oxygens (including phenoxy) is 2. The summed E-state index contributed by atoms with van der Waals surface area (Å²) in [5, 5.41) is 8.87. The maximum absolute atomic E-state index is 10.8. The van der Waals surface area contributed by atoms with Crippen molar-refractivity contribution in [2.75, 3.05) is 13.2 Å². The smallest absolute Gasteiger partial charge is 0.335 e. The van der Waals surface area contributed by atoms with Crippen LogP contribution in [0.2, 0.25) is 0 Å². The van der Waals surface area contributed by atoms with Gasteiger partial charge in [0, 0.05) is 13.2 Å². The Bertz CT molecular complexity index is 383. The van der Waals surface area contributed by atoms with Gasteiger partial charge in [0.2, 0.25) is 0 Å². The van der Waals surface area contributed by atoms with Crippen LogP contribution >= 0.6 is 0 Å².